The van der Waals surface area contributed by atoms with Gasteiger partial charge >= 0.3 is 0 Å². The fourth-order valence-electron chi connectivity index (χ4n) is 3.43. The van der Waals surface area contributed by atoms with Crippen molar-refractivity contribution in [3.8, 4) is 0 Å². The van der Waals surface area contributed by atoms with Gasteiger partial charge < -0.3 is 0 Å². The molecule has 0 N–H and O–H groups in total. The molecule has 3 aromatic carbocycles. The zero-order valence-electron chi connectivity index (χ0n) is 17.1. The van der Waals surface area contributed by atoms with E-state index >= 15 is 0 Å². The molecule has 6 nitrogen and oxygen atoms in total. The van der Waals surface area contributed by atoms with Crippen molar-refractivity contribution in [1.29, 1.82) is 0 Å². The molecule has 4 rings (SSSR count). The van der Waals surface area contributed by atoms with Gasteiger partial charge in [0.15, 0.2) is 5.78 Å². The maximum atomic E-state index is 13.6. The van der Waals surface area contributed by atoms with E-state index in [2.05, 4.69) is 63.7 Å². The summed E-state index contributed by atoms with van der Waals surface area (Å²) in [4.78, 5) is 53.8. The molecule has 3 amide bonds. The van der Waals surface area contributed by atoms with Crippen LogP contribution in [0.1, 0.15) is 41.4 Å². The van der Waals surface area contributed by atoms with Crippen molar-refractivity contribution in [3.05, 3.63) is 98.7 Å². The number of halogens is 6. The average Bonchev–Trinajstić information content (AvgIpc) is 3.10. The molecule has 178 valence electrons. The maximum Gasteiger partial charge on any atom is 0.282 e. The summed E-state index contributed by atoms with van der Waals surface area (Å²) in [7, 11) is 0. The Morgan fingerprint density at radius 3 is 1.80 bits per heavy atom. The molecule has 0 fully saturated rings. The number of imide groups is 1. The number of hydrogen-bond acceptors (Lipinski definition) is 4. The van der Waals surface area contributed by atoms with Gasteiger partial charge in [0, 0.05) is 28.5 Å². The van der Waals surface area contributed by atoms with Crippen molar-refractivity contribution >= 4 is 110 Å². The lowest BCUT2D eigenvalue weighted by Gasteiger charge is -2.29. The van der Waals surface area contributed by atoms with E-state index < -0.39 is 30.0 Å². The molecule has 0 unspecified atom stereocenters. The van der Waals surface area contributed by atoms with Gasteiger partial charge in [-0.1, -0.05) is 35.3 Å². The third-order valence-corrected chi connectivity index (χ3v) is 10.5. The first-order chi connectivity index (χ1) is 16.5. The van der Waals surface area contributed by atoms with Crippen molar-refractivity contribution in [2.24, 2.45) is 0 Å². The quantitative estimate of drug-likeness (QED) is 0.116. The van der Waals surface area contributed by atoms with Gasteiger partial charge in [0.25, 0.3) is 17.7 Å². The van der Waals surface area contributed by atoms with Gasteiger partial charge in [-0.05, 0) is 100 Å². The van der Waals surface area contributed by atoms with E-state index in [4.69, 9.17) is 23.2 Å². The lowest BCUT2D eigenvalue weighted by molar-refractivity contribution is 0.00527. The largest absolute Gasteiger partial charge is 0.292 e. The minimum Gasteiger partial charge on any atom is -0.292 e. The molecule has 0 aliphatic carbocycles. The van der Waals surface area contributed by atoms with Gasteiger partial charge in [-0.25, -0.2) is 5.01 Å². The van der Waals surface area contributed by atoms with E-state index in [9.17, 15) is 19.2 Å². The molecule has 12 heteroatoms. The third kappa shape index (κ3) is 4.76. The first-order valence-electron chi connectivity index (χ1n) is 9.64. The minimum atomic E-state index is -0.794. The molecule has 0 saturated heterocycles. The minimum absolute atomic E-state index is 0.0233. The number of hydrogen-bond donors (Lipinski definition) is 0. The van der Waals surface area contributed by atoms with E-state index in [0.29, 0.717) is 27.9 Å². The molecule has 35 heavy (non-hydrogen) atoms. The number of Topliss-reactive ketones (excluding diaryl/α,β-unsaturated/α-hetero) is 1. The molecule has 3 aromatic rings. The summed E-state index contributed by atoms with van der Waals surface area (Å²) in [5, 5.41) is 2.00. The predicted molar refractivity (Wildman–Crippen MR) is 146 cm³/mol. The molecule has 0 radical (unpaired) electrons. The Kier molecular flexibility index (Phi) is 7.90. The van der Waals surface area contributed by atoms with E-state index in [1.807, 2.05) is 0 Å². The highest BCUT2D eigenvalue weighted by atomic mass is 79.9. The van der Waals surface area contributed by atoms with Gasteiger partial charge in [-0.15, -0.1) is 0 Å². The number of carbonyl (C=O) groups excluding carboxylic acids is 4. The van der Waals surface area contributed by atoms with Crippen molar-refractivity contribution < 1.29 is 19.2 Å². The molecule has 1 aliphatic rings. The van der Waals surface area contributed by atoms with Crippen molar-refractivity contribution in [1.82, 2.24) is 10.0 Å². The van der Waals surface area contributed by atoms with E-state index in [1.165, 1.54) is 36.4 Å². The lowest BCUT2D eigenvalue weighted by atomic mass is 10.1. The zero-order chi connectivity index (χ0) is 25.6. The molecule has 1 aliphatic heterocycles. The summed E-state index contributed by atoms with van der Waals surface area (Å²) in [5.41, 5.74) is 0.339. The summed E-state index contributed by atoms with van der Waals surface area (Å²) in [6.07, 6.45) is 0. The molecule has 0 bridgehead atoms. The Morgan fingerprint density at radius 2 is 1.29 bits per heavy atom. The van der Waals surface area contributed by atoms with Gasteiger partial charge in [0.1, 0.15) is 6.54 Å². The Labute approximate surface area is 243 Å². The highest BCUT2D eigenvalue weighted by molar-refractivity contribution is 9.15. The first kappa shape index (κ1) is 26.5. The predicted octanol–water partition coefficient (Wildman–Crippen LogP) is 7.58. The summed E-state index contributed by atoms with van der Waals surface area (Å²) in [6.45, 7) is -0.602. The molecule has 0 spiro atoms. The number of ketones is 1. The van der Waals surface area contributed by atoms with E-state index in [-0.39, 0.29) is 27.3 Å². The number of amides is 3. The van der Waals surface area contributed by atoms with Crippen LogP contribution in [0.3, 0.4) is 0 Å². The van der Waals surface area contributed by atoms with Crippen molar-refractivity contribution in [3.63, 3.8) is 0 Å². The molecule has 0 saturated carbocycles. The van der Waals surface area contributed by atoms with E-state index in [1.54, 1.807) is 12.1 Å². The number of carbonyl (C=O) groups is 4. The Hall–Kier alpha value is -1.56. The number of fused-ring (bicyclic) bond motifs is 1. The van der Waals surface area contributed by atoms with Gasteiger partial charge in [0.05, 0.1) is 21.7 Å². The summed E-state index contributed by atoms with van der Waals surface area (Å²) in [6, 6.07) is 12.2. The van der Waals surface area contributed by atoms with E-state index in [0.717, 1.165) is 5.01 Å². The molecular weight excluding hydrogens is 759 g/mol. The highest BCUT2D eigenvalue weighted by Gasteiger charge is 2.46. The summed E-state index contributed by atoms with van der Waals surface area (Å²) in [5.74, 6) is -2.87. The van der Waals surface area contributed by atoms with Crippen LogP contribution in [0, 0.1) is 0 Å². The lowest BCUT2D eigenvalue weighted by Crippen LogP contribution is -2.51. The van der Waals surface area contributed by atoms with Crippen LogP contribution in [0.5, 0.6) is 0 Å². The van der Waals surface area contributed by atoms with Crippen LogP contribution in [0.4, 0.5) is 0 Å². The number of nitrogens with zero attached hydrogens (tertiary/aromatic N) is 2. The van der Waals surface area contributed by atoms with Gasteiger partial charge in [-0.3, -0.25) is 19.2 Å². The van der Waals surface area contributed by atoms with Crippen LogP contribution in [0.15, 0.2) is 66.4 Å². The fourth-order valence-corrected chi connectivity index (χ4v) is 6.23. The zero-order valence-corrected chi connectivity index (χ0v) is 25.0. The summed E-state index contributed by atoms with van der Waals surface area (Å²) >= 11 is 25.6. The molecule has 0 atom stereocenters. The number of benzene rings is 3. The fraction of sp³-hybridized carbons (Fsp3) is 0.0435. The van der Waals surface area contributed by atoms with Crippen molar-refractivity contribution in [2.45, 2.75) is 0 Å². The second kappa shape index (κ2) is 10.4. The normalized spacial score (nSPS) is 12.7. The Morgan fingerprint density at radius 1 is 0.771 bits per heavy atom. The van der Waals surface area contributed by atoms with Crippen LogP contribution in [0.2, 0.25) is 10.0 Å². The van der Waals surface area contributed by atoms with Crippen LogP contribution < -0.4 is 0 Å². The number of hydrazine groups is 1. The third-order valence-electron chi connectivity index (χ3n) is 5.12. The van der Waals surface area contributed by atoms with Crippen LogP contribution in [0.25, 0.3) is 0 Å². The second-order valence-electron chi connectivity index (χ2n) is 7.20. The monoisotopic (exact) mass is 764 g/mol. The van der Waals surface area contributed by atoms with Gasteiger partial charge in [-0.2, -0.15) is 5.01 Å². The highest BCUT2D eigenvalue weighted by Crippen LogP contribution is 2.45. The van der Waals surface area contributed by atoms with Gasteiger partial charge in [0.2, 0.25) is 0 Å². The average molecular weight is 769 g/mol. The molecule has 1 heterocycles. The Balaban J connectivity index is 1.83. The smallest absolute Gasteiger partial charge is 0.282 e. The SMILES string of the molecule is O=C(CN(C(=O)c1ccccc1Cl)N1C(=O)c2c(Br)c(Br)c(Br)c(Br)c2C1=O)c1ccc(Cl)cc1. The topological polar surface area (TPSA) is 74.8 Å². The standard InChI is InChI=1S/C23H10Br4Cl2N2O4/c24-17-15-16(18(25)20(27)19(17)26)23(35)31(22(15)34)30(21(33)12-3-1-2-4-13(12)29)9-14(32)10-5-7-11(28)8-6-10/h1-8H,9H2. The maximum absolute atomic E-state index is 13.6. The number of rotatable bonds is 5. The van der Waals surface area contributed by atoms with Crippen LogP contribution >= 0.6 is 86.9 Å². The van der Waals surface area contributed by atoms with Crippen molar-refractivity contribution in [2.75, 3.05) is 6.54 Å². The molecular formula is C23H10Br4Cl2N2O4. The van der Waals surface area contributed by atoms with Crippen LogP contribution in [-0.4, -0.2) is 40.1 Å². The second-order valence-corrected chi connectivity index (χ2v) is 11.2. The first-order valence-corrected chi connectivity index (χ1v) is 13.6. The Bertz CT molecular complexity index is 1380. The summed E-state index contributed by atoms with van der Waals surface area (Å²) < 4.78 is 1.62. The van der Waals surface area contributed by atoms with Crippen LogP contribution in [-0.2, 0) is 0 Å². The molecule has 0 aromatic heterocycles.